The van der Waals surface area contributed by atoms with Crippen molar-refractivity contribution in [3.05, 3.63) is 57.9 Å². The lowest BCUT2D eigenvalue weighted by atomic mass is 10.0. The molecule has 1 amide bonds. The standard InChI is InChI=1S/C15H16N2O2.C2H6/c1-10-8-14(19)13(9-16-11(2)18)15(17-10)12-6-4-3-5-7-12;1-2/h3-8H,9H2,1-2H3,(H,16,18)(H,17,19);1-2H3. The van der Waals surface area contributed by atoms with E-state index in [1.807, 2.05) is 51.1 Å². The third kappa shape index (κ3) is 4.60. The van der Waals surface area contributed by atoms with Crippen molar-refractivity contribution in [2.24, 2.45) is 0 Å². The van der Waals surface area contributed by atoms with Gasteiger partial charge in [-0.3, -0.25) is 9.59 Å². The molecule has 0 atom stereocenters. The van der Waals surface area contributed by atoms with Crippen LogP contribution in [0, 0.1) is 6.92 Å². The quantitative estimate of drug-likeness (QED) is 0.911. The number of H-pyrrole nitrogens is 1. The van der Waals surface area contributed by atoms with E-state index in [9.17, 15) is 9.59 Å². The number of aryl methyl sites for hydroxylation is 1. The lowest BCUT2D eigenvalue weighted by molar-refractivity contribution is -0.119. The van der Waals surface area contributed by atoms with Crippen LogP contribution in [0.5, 0.6) is 0 Å². The van der Waals surface area contributed by atoms with E-state index in [1.54, 1.807) is 6.07 Å². The Bertz CT molecular complexity index is 646. The monoisotopic (exact) mass is 286 g/mol. The van der Waals surface area contributed by atoms with Crippen LogP contribution in [0.1, 0.15) is 32.0 Å². The van der Waals surface area contributed by atoms with Gasteiger partial charge in [-0.05, 0) is 12.5 Å². The maximum Gasteiger partial charge on any atom is 0.217 e. The fourth-order valence-electron chi connectivity index (χ4n) is 1.96. The lowest BCUT2D eigenvalue weighted by Gasteiger charge is -2.11. The van der Waals surface area contributed by atoms with E-state index in [0.717, 1.165) is 17.0 Å². The van der Waals surface area contributed by atoms with E-state index in [4.69, 9.17) is 0 Å². The first kappa shape index (κ1) is 16.7. The molecule has 0 bridgehead atoms. The highest BCUT2D eigenvalue weighted by Gasteiger charge is 2.10. The maximum atomic E-state index is 12.1. The molecule has 112 valence electrons. The fourth-order valence-corrected chi connectivity index (χ4v) is 1.96. The number of carbonyl (C=O) groups excluding carboxylic acids is 1. The third-order valence-electron chi connectivity index (χ3n) is 2.85. The van der Waals surface area contributed by atoms with Gasteiger partial charge in [0.25, 0.3) is 0 Å². The zero-order valence-corrected chi connectivity index (χ0v) is 13.0. The molecule has 0 aliphatic carbocycles. The van der Waals surface area contributed by atoms with Crippen molar-refractivity contribution >= 4 is 5.91 Å². The van der Waals surface area contributed by atoms with Crippen LogP contribution in [0.15, 0.2) is 41.2 Å². The number of hydrogen-bond donors (Lipinski definition) is 2. The highest BCUT2D eigenvalue weighted by atomic mass is 16.1. The van der Waals surface area contributed by atoms with Crippen LogP contribution in [-0.4, -0.2) is 10.9 Å². The van der Waals surface area contributed by atoms with E-state index in [-0.39, 0.29) is 17.9 Å². The highest BCUT2D eigenvalue weighted by Crippen LogP contribution is 2.19. The summed E-state index contributed by atoms with van der Waals surface area (Å²) >= 11 is 0. The Morgan fingerprint density at radius 1 is 1.19 bits per heavy atom. The first-order valence-corrected chi connectivity index (χ1v) is 7.10. The van der Waals surface area contributed by atoms with Gasteiger partial charge < -0.3 is 10.3 Å². The first-order chi connectivity index (χ1) is 10.1. The summed E-state index contributed by atoms with van der Waals surface area (Å²) in [5.41, 5.74) is 3.01. The average molecular weight is 286 g/mol. The molecule has 4 heteroatoms. The van der Waals surface area contributed by atoms with E-state index < -0.39 is 0 Å². The Hall–Kier alpha value is -2.36. The predicted octanol–water partition coefficient (Wildman–Crippen LogP) is 3.01. The van der Waals surface area contributed by atoms with Gasteiger partial charge in [-0.25, -0.2) is 0 Å². The molecule has 1 aromatic heterocycles. The van der Waals surface area contributed by atoms with E-state index in [2.05, 4.69) is 10.3 Å². The van der Waals surface area contributed by atoms with Crippen molar-refractivity contribution in [3.8, 4) is 11.3 Å². The predicted molar refractivity (Wildman–Crippen MR) is 86.1 cm³/mol. The molecule has 0 radical (unpaired) electrons. The normalized spacial score (nSPS) is 9.52. The number of benzene rings is 1. The van der Waals surface area contributed by atoms with E-state index in [0.29, 0.717) is 5.56 Å². The number of hydrogen-bond acceptors (Lipinski definition) is 2. The van der Waals surface area contributed by atoms with Crippen molar-refractivity contribution in [1.29, 1.82) is 0 Å². The molecule has 0 unspecified atom stereocenters. The molecule has 2 rings (SSSR count). The van der Waals surface area contributed by atoms with E-state index >= 15 is 0 Å². The fraction of sp³-hybridized carbons (Fsp3) is 0.294. The molecule has 0 saturated carbocycles. The SMILES string of the molecule is CC.CC(=O)NCc1c(-c2ccccc2)[nH]c(C)cc1=O. The summed E-state index contributed by atoms with van der Waals surface area (Å²) in [5.74, 6) is -0.154. The minimum atomic E-state index is -0.154. The number of aromatic amines is 1. The summed E-state index contributed by atoms with van der Waals surface area (Å²) in [7, 11) is 0. The van der Waals surface area contributed by atoms with Gasteiger partial charge in [-0.15, -0.1) is 0 Å². The van der Waals surface area contributed by atoms with E-state index in [1.165, 1.54) is 6.92 Å². The Labute approximate surface area is 125 Å². The number of carbonyl (C=O) groups is 1. The number of amides is 1. The first-order valence-electron chi connectivity index (χ1n) is 7.10. The molecular formula is C17H22N2O2. The molecule has 0 fully saturated rings. The minimum Gasteiger partial charge on any atom is -0.358 e. The number of pyridine rings is 1. The molecule has 0 aliphatic rings. The van der Waals surface area contributed by atoms with Crippen LogP contribution in [0.2, 0.25) is 0 Å². The van der Waals surface area contributed by atoms with Crippen LogP contribution in [0.3, 0.4) is 0 Å². The van der Waals surface area contributed by atoms with Crippen molar-refractivity contribution < 1.29 is 4.79 Å². The van der Waals surface area contributed by atoms with Gasteiger partial charge in [-0.1, -0.05) is 44.2 Å². The molecule has 2 aromatic rings. The summed E-state index contributed by atoms with van der Waals surface area (Å²) in [5, 5.41) is 2.67. The van der Waals surface area contributed by atoms with Gasteiger partial charge in [0.2, 0.25) is 5.91 Å². The third-order valence-corrected chi connectivity index (χ3v) is 2.85. The average Bonchev–Trinajstić information content (AvgIpc) is 2.48. The highest BCUT2D eigenvalue weighted by molar-refractivity contribution is 5.73. The van der Waals surface area contributed by atoms with Crippen LogP contribution < -0.4 is 10.7 Å². The molecule has 0 aliphatic heterocycles. The second kappa shape index (κ2) is 8.04. The molecular weight excluding hydrogens is 264 g/mol. The number of aromatic nitrogens is 1. The van der Waals surface area contributed by atoms with Crippen LogP contribution in [-0.2, 0) is 11.3 Å². The summed E-state index contributed by atoms with van der Waals surface area (Å²) < 4.78 is 0. The number of nitrogens with one attached hydrogen (secondary N) is 2. The molecule has 0 spiro atoms. The van der Waals surface area contributed by atoms with Crippen molar-refractivity contribution in [2.45, 2.75) is 34.2 Å². The minimum absolute atomic E-state index is 0.0659. The zero-order chi connectivity index (χ0) is 15.8. The second-order valence-corrected chi connectivity index (χ2v) is 4.45. The Kier molecular flexibility index (Phi) is 6.40. The Morgan fingerprint density at radius 2 is 1.81 bits per heavy atom. The molecule has 0 saturated heterocycles. The maximum absolute atomic E-state index is 12.1. The molecule has 1 aromatic carbocycles. The Morgan fingerprint density at radius 3 is 2.38 bits per heavy atom. The number of rotatable bonds is 3. The smallest absolute Gasteiger partial charge is 0.217 e. The van der Waals surface area contributed by atoms with Gasteiger partial charge in [0.15, 0.2) is 5.43 Å². The largest absolute Gasteiger partial charge is 0.358 e. The summed E-state index contributed by atoms with van der Waals surface area (Å²) in [6, 6.07) is 11.2. The van der Waals surface area contributed by atoms with Crippen LogP contribution in [0.4, 0.5) is 0 Å². The molecule has 21 heavy (non-hydrogen) atoms. The Balaban J connectivity index is 0.00000106. The van der Waals surface area contributed by atoms with Crippen molar-refractivity contribution in [2.75, 3.05) is 0 Å². The van der Waals surface area contributed by atoms with Crippen molar-refractivity contribution in [3.63, 3.8) is 0 Å². The van der Waals surface area contributed by atoms with Crippen molar-refractivity contribution in [1.82, 2.24) is 10.3 Å². The van der Waals surface area contributed by atoms with Gasteiger partial charge in [0.1, 0.15) is 0 Å². The van der Waals surface area contributed by atoms with Crippen LogP contribution >= 0.6 is 0 Å². The second-order valence-electron chi connectivity index (χ2n) is 4.45. The lowest BCUT2D eigenvalue weighted by Crippen LogP contribution is -2.24. The molecule has 2 N–H and O–H groups in total. The molecule has 1 heterocycles. The van der Waals surface area contributed by atoms with Gasteiger partial charge in [0, 0.05) is 30.8 Å². The molecule has 4 nitrogen and oxygen atoms in total. The van der Waals surface area contributed by atoms with Gasteiger partial charge in [0.05, 0.1) is 5.69 Å². The topological polar surface area (TPSA) is 62.0 Å². The van der Waals surface area contributed by atoms with Crippen LogP contribution in [0.25, 0.3) is 11.3 Å². The summed E-state index contributed by atoms with van der Waals surface area (Å²) in [6.45, 7) is 7.51. The van der Waals surface area contributed by atoms with Gasteiger partial charge in [-0.2, -0.15) is 0 Å². The summed E-state index contributed by atoms with van der Waals surface area (Å²) in [6.07, 6.45) is 0. The van der Waals surface area contributed by atoms with Gasteiger partial charge >= 0.3 is 0 Å². The summed E-state index contributed by atoms with van der Waals surface area (Å²) in [4.78, 5) is 26.3. The zero-order valence-electron chi connectivity index (χ0n) is 13.0.